The first-order valence-corrected chi connectivity index (χ1v) is 15.6. The molecule has 0 spiro atoms. The van der Waals surface area contributed by atoms with Crippen LogP contribution in [0.25, 0.3) is 32.7 Å². The Labute approximate surface area is 180 Å². The Morgan fingerprint density at radius 1 is 0.963 bits per heavy atom. The van der Waals surface area contributed by atoms with Gasteiger partial charge in [0.25, 0.3) is 0 Å². The summed E-state index contributed by atoms with van der Waals surface area (Å²) >= 11 is -0.826. The van der Waals surface area contributed by atoms with E-state index in [9.17, 15) is 0 Å². The van der Waals surface area contributed by atoms with Crippen molar-refractivity contribution in [3.05, 3.63) is 77.9 Å². The molecule has 27 heavy (non-hydrogen) atoms. The van der Waals surface area contributed by atoms with Crippen molar-refractivity contribution in [2.45, 2.75) is 33.1 Å². The number of aryl methyl sites for hydroxylation is 1. The molecule has 0 amide bonds. The molecular weight excluding hydrogens is 450 g/mol. The molecule has 0 aliphatic heterocycles. The second-order valence-electron chi connectivity index (χ2n) is 6.96. The third-order valence-electron chi connectivity index (χ3n) is 5.36. The van der Waals surface area contributed by atoms with Crippen molar-refractivity contribution in [3.63, 3.8) is 0 Å². The molecule has 0 aliphatic rings. The maximum absolute atomic E-state index is 4.93. The quantitative estimate of drug-likeness (QED) is 0.261. The Morgan fingerprint density at radius 2 is 1.70 bits per heavy atom. The van der Waals surface area contributed by atoms with Crippen LogP contribution in [0.5, 0.6) is 0 Å². The predicted molar refractivity (Wildman–Crippen MR) is 118 cm³/mol. The zero-order valence-corrected chi connectivity index (χ0v) is 19.9. The number of halogens is 2. The second-order valence-corrected chi connectivity index (χ2v) is 10.7. The van der Waals surface area contributed by atoms with E-state index in [-0.39, 0.29) is 0 Å². The molecule has 0 radical (unpaired) electrons. The minimum absolute atomic E-state index is 0.610. The number of rotatable bonds is 3. The van der Waals surface area contributed by atoms with E-state index in [2.05, 4.69) is 87.5 Å². The fraction of sp³-hybridized carbons (Fsp3) is 0.208. The van der Waals surface area contributed by atoms with Crippen LogP contribution in [0.2, 0.25) is 0 Å². The summed E-state index contributed by atoms with van der Waals surface area (Å²) in [6, 6.07) is 24.7. The fourth-order valence-corrected chi connectivity index (χ4v) is 3.73. The molecule has 3 heteroatoms. The summed E-state index contributed by atoms with van der Waals surface area (Å²) in [5, 5.41) is 5.39. The van der Waals surface area contributed by atoms with Gasteiger partial charge in [0.1, 0.15) is 0 Å². The SMILES string of the molecule is CCC(C)c1cc2c(-c3c(C)ccc4ccccc34)cccc2[cH-]1.[Cl][Zr][Cl]. The van der Waals surface area contributed by atoms with Crippen LogP contribution in [0.15, 0.2) is 66.7 Å². The van der Waals surface area contributed by atoms with Gasteiger partial charge in [-0.05, 0) is 34.7 Å². The summed E-state index contributed by atoms with van der Waals surface area (Å²) in [5.41, 5.74) is 5.53. The first-order chi connectivity index (χ1) is 13.1. The van der Waals surface area contributed by atoms with E-state index in [1.807, 2.05) is 0 Å². The maximum atomic E-state index is 4.93. The molecule has 0 bridgehead atoms. The van der Waals surface area contributed by atoms with Crippen LogP contribution in [-0.4, -0.2) is 0 Å². The third kappa shape index (κ3) is 4.37. The molecule has 4 rings (SSSR count). The molecule has 1 unspecified atom stereocenters. The molecule has 1 atom stereocenters. The molecule has 0 heterocycles. The van der Waals surface area contributed by atoms with Gasteiger partial charge >= 0.3 is 37.9 Å². The van der Waals surface area contributed by atoms with Gasteiger partial charge < -0.3 is 0 Å². The van der Waals surface area contributed by atoms with Gasteiger partial charge in [-0.1, -0.05) is 68.3 Å². The number of benzene rings is 3. The Hall–Kier alpha value is -1.01. The van der Waals surface area contributed by atoms with E-state index in [4.69, 9.17) is 17.0 Å². The molecule has 4 aromatic carbocycles. The van der Waals surface area contributed by atoms with Crippen LogP contribution in [0, 0.1) is 6.92 Å². The number of hydrogen-bond acceptors (Lipinski definition) is 0. The van der Waals surface area contributed by atoms with Gasteiger partial charge in [-0.3, -0.25) is 0 Å². The van der Waals surface area contributed by atoms with Crippen molar-refractivity contribution in [2.24, 2.45) is 0 Å². The van der Waals surface area contributed by atoms with Gasteiger partial charge in [0.15, 0.2) is 0 Å². The molecule has 0 aliphatic carbocycles. The Balaban J connectivity index is 0.000000659. The predicted octanol–water partition coefficient (Wildman–Crippen LogP) is 8.58. The van der Waals surface area contributed by atoms with E-state index in [0.29, 0.717) is 5.92 Å². The van der Waals surface area contributed by atoms with Gasteiger partial charge in [0.05, 0.1) is 0 Å². The topological polar surface area (TPSA) is 0 Å². The van der Waals surface area contributed by atoms with Gasteiger partial charge in [-0.15, -0.1) is 34.5 Å². The van der Waals surface area contributed by atoms with Crippen LogP contribution in [-0.2, 0) is 20.8 Å². The van der Waals surface area contributed by atoms with E-state index < -0.39 is 20.8 Å². The summed E-state index contributed by atoms with van der Waals surface area (Å²) in [5.74, 6) is 0.610. The number of fused-ring (bicyclic) bond motifs is 2. The van der Waals surface area contributed by atoms with Gasteiger partial charge in [0, 0.05) is 0 Å². The molecule has 0 saturated heterocycles. The standard InChI is InChI=1S/C24H23.2ClH.Zr/c1-4-16(2)20-14-19-9-7-11-22(23(19)15-20)24-17(3)12-13-18-8-5-6-10-21(18)24;;;/h5-16H,4H2,1-3H3;2*1H;/q-1;;;+2/p-2. The van der Waals surface area contributed by atoms with E-state index in [1.165, 1.54) is 50.2 Å². The Bertz CT molecular complexity index is 1050. The average Bonchev–Trinajstić information content (AvgIpc) is 3.12. The van der Waals surface area contributed by atoms with E-state index in [1.54, 1.807) is 0 Å². The van der Waals surface area contributed by atoms with E-state index >= 15 is 0 Å². The summed E-state index contributed by atoms with van der Waals surface area (Å²) in [7, 11) is 9.87. The van der Waals surface area contributed by atoms with Crippen molar-refractivity contribution >= 4 is 38.6 Å². The molecule has 0 N–H and O–H groups in total. The molecule has 138 valence electrons. The summed E-state index contributed by atoms with van der Waals surface area (Å²) in [6.07, 6.45) is 1.18. The molecule has 0 saturated carbocycles. The summed E-state index contributed by atoms with van der Waals surface area (Å²) < 4.78 is 0. The summed E-state index contributed by atoms with van der Waals surface area (Å²) in [6.45, 7) is 6.80. The van der Waals surface area contributed by atoms with Crippen molar-refractivity contribution < 1.29 is 20.8 Å². The fourth-order valence-electron chi connectivity index (χ4n) is 3.73. The average molecular weight is 474 g/mol. The van der Waals surface area contributed by atoms with Crippen molar-refractivity contribution in [3.8, 4) is 11.1 Å². The van der Waals surface area contributed by atoms with Crippen molar-refractivity contribution in [1.82, 2.24) is 0 Å². The zero-order valence-electron chi connectivity index (χ0n) is 15.9. The van der Waals surface area contributed by atoms with E-state index in [0.717, 1.165) is 0 Å². The molecular formula is C24H23Cl2Zr-. The van der Waals surface area contributed by atoms with Gasteiger partial charge in [0.2, 0.25) is 0 Å². The van der Waals surface area contributed by atoms with Gasteiger partial charge in [-0.2, -0.15) is 6.07 Å². The first kappa shape index (κ1) is 20.7. The van der Waals surface area contributed by atoms with Crippen molar-refractivity contribution in [2.75, 3.05) is 0 Å². The zero-order chi connectivity index (χ0) is 19.4. The minimum atomic E-state index is -0.826. The normalized spacial score (nSPS) is 11.9. The molecule has 4 aromatic rings. The van der Waals surface area contributed by atoms with Crippen molar-refractivity contribution in [1.29, 1.82) is 0 Å². The van der Waals surface area contributed by atoms with Crippen LogP contribution in [0.1, 0.15) is 37.3 Å². The van der Waals surface area contributed by atoms with Crippen LogP contribution < -0.4 is 0 Å². The van der Waals surface area contributed by atoms with Crippen LogP contribution in [0.4, 0.5) is 0 Å². The second kappa shape index (κ2) is 9.46. The van der Waals surface area contributed by atoms with Crippen LogP contribution >= 0.6 is 17.0 Å². The summed E-state index contributed by atoms with van der Waals surface area (Å²) in [4.78, 5) is 0. The Kier molecular flexibility index (Phi) is 7.26. The monoisotopic (exact) mass is 471 g/mol. The third-order valence-corrected chi connectivity index (χ3v) is 5.36. The molecule has 0 aromatic heterocycles. The molecule has 0 nitrogen and oxygen atoms in total. The van der Waals surface area contributed by atoms with Gasteiger partial charge in [-0.25, -0.2) is 0 Å². The molecule has 0 fully saturated rings. The number of hydrogen-bond donors (Lipinski definition) is 0. The van der Waals surface area contributed by atoms with Crippen LogP contribution in [0.3, 0.4) is 0 Å². The first-order valence-electron chi connectivity index (χ1n) is 9.25. The Morgan fingerprint density at radius 3 is 2.44 bits per heavy atom.